The first-order valence-electron chi connectivity index (χ1n) is 6.72. The number of halogens is 1. The zero-order chi connectivity index (χ0) is 14.1. The van der Waals surface area contributed by atoms with Crippen LogP contribution >= 0.6 is 35.1 Å². The topological polar surface area (TPSA) is 0 Å². The highest BCUT2D eigenvalue weighted by Crippen LogP contribution is 2.48. The van der Waals surface area contributed by atoms with Gasteiger partial charge >= 0.3 is 0 Å². The molecule has 0 radical (unpaired) electrons. The lowest BCUT2D eigenvalue weighted by Gasteiger charge is -2.14. The number of hydrogen-bond donors (Lipinski definition) is 0. The Morgan fingerprint density at radius 1 is 0.950 bits per heavy atom. The lowest BCUT2D eigenvalue weighted by molar-refractivity contribution is 1.22. The third-order valence-corrected chi connectivity index (χ3v) is 6.98. The van der Waals surface area contributed by atoms with Gasteiger partial charge in [0.25, 0.3) is 0 Å². The van der Waals surface area contributed by atoms with Crippen molar-refractivity contribution in [3.63, 3.8) is 0 Å². The fraction of sp³-hybridized carbons (Fsp3) is 0.294. The van der Waals surface area contributed by atoms with Gasteiger partial charge in [-0.1, -0.05) is 41.9 Å². The van der Waals surface area contributed by atoms with E-state index < -0.39 is 0 Å². The number of hydrogen-bond acceptors (Lipinski definition) is 2. The first-order chi connectivity index (χ1) is 9.65. The van der Waals surface area contributed by atoms with Crippen LogP contribution < -0.4 is 0 Å². The van der Waals surface area contributed by atoms with Crippen molar-refractivity contribution < 1.29 is 0 Å². The van der Waals surface area contributed by atoms with Gasteiger partial charge < -0.3 is 0 Å². The second-order valence-corrected chi connectivity index (χ2v) is 8.07. The molecular weight excluding hydrogens is 304 g/mol. The van der Waals surface area contributed by atoms with Crippen LogP contribution in [0, 0.1) is 13.8 Å². The summed E-state index contributed by atoms with van der Waals surface area (Å²) in [6, 6.07) is 12.9. The standard InChI is InChI=1S/C17H17ClS2/c1-11-7-13-9-19-17(15-5-3-4-6-16(15)18)20-10-14(13)8-12(11)2/h3-8,17H,9-10H2,1-2H3. The third-order valence-electron chi connectivity index (χ3n) is 3.76. The Hall–Kier alpha value is -0.570. The molecule has 1 aliphatic heterocycles. The van der Waals surface area contributed by atoms with Gasteiger partial charge in [-0.3, -0.25) is 0 Å². The minimum Gasteiger partial charge on any atom is -0.138 e. The van der Waals surface area contributed by atoms with Crippen LogP contribution in [0.5, 0.6) is 0 Å². The van der Waals surface area contributed by atoms with E-state index in [1.165, 1.54) is 27.8 Å². The van der Waals surface area contributed by atoms with Crippen LogP contribution in [0.4, 0.5) is 0 Å². The molecule has 0 saturated carbocycles. The molecule has 3 rings (SSSR count). The molecule has 2 aromatic carbocycles. The van der Waals surface area contributed by atoms with Gasteiger partial charge in [0.2, 0.25) is 0 Å². The van der Waals surface area contributed by atoms with Crippen LogP contribution in [0.1, 0.15) is 32.4 Å². The molecule has 20 heavy (non-hydrogen) atoms. The van der Waals surface area contributed by atoms with Crippen LogP contribution in [-0.4, -0.2) is 0 Å². The third kappa shape index (κ3) is 2.88. The summed E-state index contributed by atoms with van der Waals surface area (Å²) >= 11 is 10.3. The number of rotatable bonds is 1. The maximum Gasteiger partial charge on any atom is 0.0772 e. The lowest BCUT2D eigenvalue weighted by Crippen LogP contribution is -1.92. The fourth-order valence-corrected chi connectivity index (χ4v) is 5.57. The Balaban J connectivity index is 1.88. The predicted molar refractivity (Wildman–Crippen MR) is 92.7 cm³/mol. The van der Waals surface area contributed by atoms with Crippen LogP contribution in [0.3, 0.4) is 0 Å². The summed E-state index contributed by atoms with van der Waals surface area (Å²) in [6.45, 7) is 4.40. The molecule has 0 N–H and O–H groups in total. The number of aryl methyl sites for hydroxylation is 2. The molecule has 0 bridgehead atoms. The molecule has 0 amide bonds. The zero-order valence-corrected chi connectivity index (χ0v) is 14.0. The molecule has 0 fully saturated rings. The highest BCUT2D eigenvalue weighted by Gasteiger charge is 2.20. The van der Waals surface area contributed by atoms with E-state index in [1.807, 2.05) is 35.7 Å². The van der Waals surface area contributed by atoms with Crippen molar-refractivity contribution in [3.05, 3.63) is 69.2 Å². The Labute approximate surface area is 134 Å². The average molecular weight is 321 g/mol. The molecule has 1 heterocycles. The van der Waals surface area contributed by atoms with Crippen molar-refractivity contribution in [2.45, 2.75) is 29.9 Å². The minimum atomic E-state index is 0.428. The van der Waals surface area contributed by atoms with Gasteiger partial charge in [0, 0.05) is 16.5 Å². The van der Waals surface area contributed by atoms with Gasteiger partial charge in [0.05, 0.1) is 4.58 Å². The fourth-order valence-electron chi connectivity index (χ4n) is 2.43. The smallest absolute Gasteiger partial charge is 0.0772 e. The molecular formula is C17H17ClS2. The van der Waals surface area contributed by atoms with Crippen LogP contribution in [0.15, 0.2) is 36.4 Å². The van der Waals surface area contributed by atoms with Crippen LogP contribution in [0.25, 0.3) is 0 Å². The van der Waals surface area contributed by atoms with Gasteiger partial charge in [-0.2, -0.15) is 0 Å². The monoisotopic (exact) mass is 320 g/mol. The van der Waals surface area contributed by atoms with E-state index in [2.05, 4.69) is 38.1 Å². The van der Waals surface area contributed by atoms with E-state index in [9.17, 15) is 0 Å². The van der Waals surface area contributed by atoms with Gasteiger partial charge in [-0.05, 0) is 47.7 Å². The molecule has 0 nitrogen and oxygen atoms in total. The number of fused-ring (bicyclic) bond motifs is 1. The van der Waals surface area contributed by atoms with Crippen LogP contribution in [-0.2, 0) is 11.5 Å². The van der Waals surface area contributed by atoms with Crippen molar-refractivity contribution >= 4 is 35.1 Å². The Morgan fingerprint density at radius 2 is 1.50 bits per heavy atom. The van der Waals surface area contributed by atoms with Gasteiger partial charge in [-0.25, -0.2) is 0 Å². The second kappa shape index (κ2) is 6.05. The van der Waals surface area contributed by atoms with Crippen molar-refractivity contribution in [3.8, 4) is 0 Å². The largest absolute Gasteiger partial charge is 0.138 e. The summed E-state index contributed by atoms with van der Waals surface area (Å²) in [7, 11) is 0. The highest BCUT2D eigenvalue weighted by atomic mass is 35.5. The highest BCUT2D eigenvalue weighted by molar-refractivity contribution is 8.15. The first kappa shape index (κ1) is 14.4. The van der Waals surface area contributed by atoms with E-state index in [4.69, 9.17) is 11.6 Å². The normalized spacial score (nSPS) is 15.8. The predicted octanol–water partition coefficient (Wildman–Crippen LogP) is 6.14. The van der Waals surface area contributed by atoms with Gasteiger partial charge in [0.15, 0.2) is 0 Å². The van der Waals surface area contributed by atoms with E-state index in [-0.39, 0.29) is 0 Å². The Morgan fingerprint density at radius 3 is 2.05 bits per heavy atom. The van der Waals surface area contributed by atoms with E-state index in [0.29, 0.717) is 4.58 Å². The summed E-state index contributed by atoms with van der Waals surface area (Å²) in [5.41, 5.74) is 7.02. The molecule has 0 aliphatic carbocycles. The van der Waals surface area contributed by atoms with Crippen molar-refractivity contribution in [1.82, 2.24) is 0 Å². The molecule has 0 atom stereocenters. The SMILES string of the molecule is Cc1cc2c(cc1C)CSC(c1ccccc1Cl)SC2. The maximum atomic E-state index is 6.35. The molecule has 0 saturated heterocycles. The minimum absolute atomic E-state index is 0.428. The molecule has 0 aromatic heterocycles. The molecule has 3 heteroatoms. The van der Waals surface area contributed by atoms with E-state index in [1.54, 1.807) is 0 Å². The maximum absolute atomic E-state index is 6.35. The average Bonchev–Trinajstić information content (AvgIpc) is 2.63. The molecule has 0 spiro atoms. The van der Waals surface area contributed by atoms with E-state index in [0.717, 1.165) is 16.5 Å². The summed E-state index contributed by atoms with van der Waals surface area (Å²) < 4.78 is 0.428. The zero-order valence-electron chi connectivity index (χ0n) is 11.7. The van der Waals surface area contributed by atoms with Crippen molar-refractivity contribution in [2.75, 3.05) is 0 Å². The van der Waals surface area contributed by atoms with Gasteiger partial charge in [-0.15, -0.1) is 23.5 Å². The summed E-state index contributed by atoms with van der Waals surface area (Å²) in [5.74, 6) is 2.14. The molecule has 104 valence electrons. The summed E-state index contributed by atoms with van der Waals surface area (Å²) in [6.07, 6.45) is 0. The van der Waals surface area contributed by atoms with Crippen molar-refractivity contribution in [2.24, 2.45) is 0 Å². The second-order valence-electron chi connectivity index (χ2n) is 5.18. The molecule has 0 unspecified atom stereocenters. The summed E-state index contributed by atoms with van der Waals surface area (Å²) in [5, 5.41) is 0.885. The lowest BCUT2D eigenvalue weighted by atomic mass is 10.0. The number of benzene rings is 2. The first-order valence-corrected chi connectivity index (χ1v) is 9.19. The molecule has 1 aliphatic rings. The van der Waals surface area contributed by atoms with Crippen LogP contribution in [0.2, 0.25) is 5.02 Å². The van der Waals surface area contributed by atoms with E-state index >= 15 is 0 Å². The Bertz CT molecular complexity index is 604. The van der Waals surface area contributed by atoms with Crippen molar-refractivity contribution in [1.29, 1.82) is 0 Å². The number of thioether (sulfide) groups is 2. The van der Waals surface area contributed by atoms with Gasteiger partial charge in [0.1, 0.15) is 0 Å². The molecule has 2 aromatic rings. The quantitative estimate of drug-likeness (QED) is 0.619. The summed E-state index contributed by atoms with van der Waals surface area (Å²) in [4.78, 5) is 0. The Kier molecular flexibility index (Phi) is 4.34.